The molecular formula is C32H47N7O5. The minimum Gasteiger partial charge on any atom is -0.478 e. The van der Waals surface area contributed by atoms with Crippen LogP contribution in [0.15, 0.2) is 42.7 Å². The average Bonchev–Trinajstić information content (AvgIpc) is 3.45. The Kier molecular flexibility index (Phi) is 13.4. The summed E-state index contributed by atoms with van der Waals surface area (Å²) in [6, 6.07) is 6.50. The van der Waals surface area contributed by atoms with E-state index in [0.717, 1.165) is 78.8 Å². The summed E-state index contributed by atoms with van der Waals surface area (Å²) in [5.74, 6) is 0.887. The van der Waals surface area contributed by atoms with Crippen LogP contribution < -0.4 is 10.2 Å². The Labute approximate surface area is 259 Å². The first-order valence-electron chi connectivity index (χ1n) is 15.6. The smallest absolute Gasteiger partial charge is 0.328 e. The first-order valence-corrected chi connectivity index (χ1v) is 15.6. The molecule has 3 aromatic heterocycles. The summed E-state index contributed by atoms with van der Waals surface area (Å²) >= 11 is 0. The van der Waals surface area contributed by atoms with E-state index in [0.29, 0.717) is 52.1 Å². The first kappa shape index (κ1) is 33.3. The van der Waals surface area contributed by atoms with Crippen LogP contribution in [-0.2, 0) is 33.7 Å². The Balaban J connectivity index is 1.23. The Morgan fingerprint density at radius 2 is 2.02 bits per heavy atom. The molecule has 0 aliphatic carbocycles. The number of hydrogen-bond acceptors (Lipinski definition) is 10. The SMILES string of the molecule is CCc1cnn2c(NCc3ccc(CCOCCOCCN(C)C/C=C/C(=O)O)nc3)cc(N3CCCCC3CCO)nc12. The molecule has 4 rings (SSSR count). The maximum atomic E-state index is 10.5. The summed E-state index contributed by atoms with van der Waals surface area (Å²) in [4.78, 5) is 24.5. The van der Waals surface area contributed by atoms with Gasteiger partial charge < -0.3 is 34.8 Å². The zero-order chi connectivity index (χ0) is 31.1. The van der Waals surface area contributed by atoms with Crippen molar-refractivity contribution in [2.45, 2.75) is 58.0 Å². The van der Waals surface area contributed by atoms with Crippen molar-refractivity contribution in [3.8, 4) is 0 Å². The molecule has 12 heteroatoms. The van der Waals surface area contributed by atoms with Crippen molar-refractivity contribution in [3.05, 3.63) is 59.6 Å². The molecule has 12 nitrogen and oxygen atoms in total. The number of pyridine rings is 1. The summed E-state index contributed by atoms with van der Waals surface area (Å²) in [6.45, 7) is 7.28. The number of nitrogens with zero attached hydrogens (tertiary/aromatic N) is 6. The van der Waals surface area contributed by atoms with Crippen molar-refractivity contribution in [1.82, 2.24) is 24.5 Å². The van der Waals surface area contributed by atoms with Gasteiger partial charge in [-0.15, -0.1) is 0 Å². The largest absolute Gasteiger partial charge is 0.478 e. The van der Waals surface area contributed by atoms with Crippen LogP contribution in [0.5, 0.6) is 0 Å². The maximum Gasteiger partial charge on any atom is 0.328 e. The van der Waals surface area contributed by atoms with E-state index in [2.05, 4.69) is 39.4 Å². The van der Waals surface area contributed by atoms with E-state index in [1.807, 2.05) is 34.9 Å². The molecule has 1 unspecified atom stereocenters. The molecule has 0 spiro atoms. The van der Waals surface area contributed by atoms with Crippen molar-refractivity contribution >= 4 is 23.3 Å². The van der Waals surface area contributed by atoms with Crippen molar-refractivity contribution in [2.75, 3.05) is 69.9 Å². The van der Waals surface area contributed by atoms with Gasteiger partial charge in [0, 0.05) is 74.8 Å². The highest BCUT2D eigenvalue weighted by Crippen LogP contribution is 2.29. The van der Waals surface area contributed by atoms with Gasteiger partial charge in [-0.3, -0.25) is 4.98 Å². The molecule has 3 aromatic rings. The topological polar surface area (TPSA) is 138 Å². The molecule has 0 bridgehead atoms. The van der Waals surface area contributed by atoms with Crippen LogP contribution in [0.3, 0.4) is 0 Å². The van der Waals surface area contributed by atoms with Crippen LogP contribution in [0, 0.1) is 0 Å². The quantitative estimate of drug-likeness (QED) is 0.136. The number of carbonyl (C=O) groups is 1. The highest BCUT2D eigenvalue weighted by molar-refractivity contribution is 5.79. The number of anilines is 2. The lowest BCUT2D eigenvalue weighted by Gasteiger charge is -2.36. The van der Waals surface area contributed by atoms with Crippen LogP contribution in [0.2, 0.25) is 0 Å². The second-order valence-electron chi connectivity index (χ2n) is 11.1. The number of aliphatic hydroxyl groups is 1. The molecular weight excluding hydrogens is 562 g/mol. The van der Waals surface area contributed by atoms with Crippen molar-refractivity contribution in [2.24, 2.45) is 0 Å². The Hall–Kier alpha value is -3.58. The number of hydrogen-bond donors (Lipinski definition) is 3. The number of carboxylic acid groups (broad SMARTS) is 1. The molecule has 0 saturated carbocycles. The number of aromatic nitrogens is 4. The van der Waals surface area contributed by atoms with Gasteiger partial charge in [0.15, 0.2) is 5.65 Å². The second kappa shape index (κ2) is 17.6. The number of carboxylic acids is 1. The number of aryl methyl sites for hydroxylation is 1. The Morgan fingerprint density at radius 1 is 1.18 bits per heavy atom. The Morgan fingerprint density at radius 3 is 2.77 bits per heavy atom. The van der Waals surface area contributed by atoms with Gasteiger partial charge in [-0.25, -0.2) is 9.78 Å². The fraction of sp³-hybridized carbons (Fsp3) is 0.562. The number of aliphatic hydroxyl groups excluding tert-OH is 1. The van der Waals surface area contributed by atoms with E-state index < -0.39 is 5.97 Å². The number of ether oxygens (including phenoxy) is 2. The molecule has 4 heterocycles. The molecule has 240 valence electrons. The van der Waals surface area contributed by atoms with E-state index in [1.54, 1.807) is 6.08 Å². The van der Waals surface area contributed by atoms with Gasteiger partial charge in [-0.2, -0.15) is 9.61 Å². The Bertz CT molecular complexity index is 1330. The van der Waals surface area contributed by atoms with Gasteiger partial charge in [0.1, 0.15) is 11.6 Å². The number of aliphatic carboxylic acids is 1. The van der Waals surface area contributed by atoms with Crippen LogP contribution in [-0.4, -0.2) is 106 Å². The summed E-state index contributed by atoms with van der Waals surface area (Å²) in [5, 5.41) is 26.4. The fourth-order valence-corrected chi connectivity index (χ4v) is 5.31. The summed E-state index contributed by atoms with van der Waals surface area (Å²) < 4.78 is 13.2. The van der Waals surface area contributed by atoms with E-state index in [9.17, 15) is 9.90 Å². The lowest BCUT2D eigenvalue weighted by atomic mass is 9.99. The van der Waals surface area contributed by atoms with Crippen molar-refractivity contribution in [1.29, 1.82) is 0 Å². The molecule has 1 aliphatic heterocycles. The lowest BCUT2D eigenvalue weighted by Crippen LogP contribution is -2.40. The predicted molar refractivity (Wildman–Crippen MR) is 170 cm³/mol. The van der Waals surface area contributed by atoms with Gasteiger partial charge >= 0.3 is 5.97 Å². The molecule has 1 fully saturated rings. The number of rotatable bonds is 19. The molecule has 0 aromatic carbocycles. The zero-order valence-electron chi connectivity index (χ0n) is 26.0. The summed E-state index contributed by atoms with van der Waals surface area (Å²) in [6.07, 6.45) is 12.3. The minimum absolute atomic E-state index is 0.182. The van der Waals surface area contributed by atoms with E-state index >= 15 is 0 Å². The van der Waals surface area contributed by atoms with Crippen LogP contribution in [0.25, 0.3) is 5.65 Å². The average molecular weight is 610 g/mol. The van der Waals surface area contributed by atoms with Gasteiger partial charge in [0.25, 0.3) is 0 Å². The van der Waals surface area contributed by atoms with Gasteiger partial charge in [0.2, 0.25) is 0 Å². The second-order valence-corrected chi connectivity index (χ2v) is 11.1. The number of nitrogens with one attached hydrogen (secondary N) is 1. The third kappa shape index (κ3) is 9.98. The number of fused-ring (bicyclic) bond motifs is 1. The molecule has 44 heavy (non-hydrogen) atoms. The number of piperidine rings is 1. The minimum atomic E-state index is -0.936. The lowest BCUT2D eigenvalue weighted by molar-refractivity contribution is -0.131. The maximum absolute atomic E-state index is 10.5. The summed E-state index contributed by atoms with van der Waals surface area (Å²) in [7, 11) is 1.92. The highest BCUT2D eigenvalue weighted by atomic mass is 16.5. The van der Waals surface area contributed by atoms with Crippen molar-refractivity contribution < 1.29 is 24.5 Å². The van der Waals surface area contributed by atoms with E-state index in [1.165, 1.54) is 6.42 Å². The first-order chi connectivity index (χ1) is 21.5. The zero-order valence-corrected chi connectivity index (χ0v) is 26.0. The molecule has 0 radical (unpaired) electrons. The molecule has 0 amide bonds. The third-order valence-electron chi connectivity index (χ3n) is 7.82. The van der Waals surface area contributed by atoms with Gasteiger partial charge in [-0.05, 0) is 50.8 Å². The van der Waals surface area contributed by atoms with Gasteiger partial charge in [0.05, 0.1) is 32.6 Å². The van der Waals surface area contributed by atoms with E-state index in [-0.39, 0.29) is 6.61 Å². The predicted octanol–water partition coefficient (Wildman–Crippen LogP) is 3.19. The third-order valence-corrected chi connectivity index (χ3v) is 7.82. The van der Waals surface area contributed by atoms with E-state index in [4.69, 9.17) is 19.6 Å². The molecule has 1 aliphatic rings. The summed E-state index contributed by atoms with van der Waals surface area (Å²) in [5.41, 5.74) is 4.02. The number of likely N-dealkylation sites (N-methyl/N-ethyl adjacent to an activating group) is 1. The van der Waals surface area contributed by atoms with Crippen LogP contribution in [0.1, 0.15) is 49.4 Å². The standard InChI is InChI=1S/C32H47N7O5/c1-3-26-24-35-39-29(21-30(36-32(26)39)38-14-5-4-7-28(38)11-16-40)34-23-25-9-10-27(33-22-25)12-17-43-19-20-44-18-15-37(2)13-6-8-31(41)42/h6,8-10,21-22,24,28,34,40H,3-5,7,11-20,23H2,1-2H3,(H,41,42)/b8-6+. The highest BCUT2D eigenvalue weighted by Gasteiger charge is 2.25. The fourth-order valence-electron chi connectivity index (χ4n) is 5.31. The van der Waals surface area contributed by atoms with Gasteiger partial charge in [-0.1, -0.05) is 19.1 Å². The monoisotopic (exact) mass is 609 g/mol. The van der Waals surface area contributed by atoms with Crippen LogP contribution >= 0.6 is 0 Å². The molecule has 3 N–H and O–H groups in total. The van der Waals surface area contributed by atoms with Crippen molar-refractivity contribution in [3.63, 3.8) is 0 Å². The normalized spacial score (nSPS) is 15.5. The van der Waals surface area contributed by atoms with Crippen LogP contribution in [0.4, 0.5) is 11.6 Å². The molecule has 1 atom stereocenters. The molecule has 1 saturated heterocycles.